The van der Waals surface area contributed by atoms with Crippen molar-refractivity contribution in [3.63, 3.8) is 0 Å². The van der Waals surface area contributed by atoms with Crippen molar-refractivity contribution in [2.45, 2.75) is 20.3 Å². The summed E-state index contributed by atoms with van der Waals surface area (Å²) in [7, 11) is 0. The number of benzene rings is 1. The number of hydrogen-bond acceptors (Lipinski definition) is 5. The Bertz CT molecular complexity index is 909. The van der Waals surface area contributed by atoms with E-state index in [0.717, 1.165) is 61.9 Å². The Hall–Kier alpha value is -2.93. The van der Waals surface area contributed by atoms with E-state index in [2.05, 4.69) is 20.1 Å². The van der Waals surface area contributed by atoms with Crippen molar-refractivity contribution in [3.05, 3.63) is 48.2 Å². The minimum absolute atomic E-state index is 0.0310. The monoisotopic (exact) mass is 407 g/mol. The van der Waals surface area contributed by atoms with Gasteiger partial charge < -0.3 is 15.1 Å². The Morgan fingerprint density at radius 3 is 2.60 bits per heavy atom. The van der Waals surface area contributed by atoms with Crippen molar-refractivity contribution in [2.24, 2.45) is 5.92 Å². The lowest BCUT2D eigenvalue weighted by Gasteiger charge is -2.36. The summed E-state index contributed by atoms with van der Waals surface area (Å²) < 4.78 is 0. The van der Waals surface area contributed by atoms with Crippen LogP contribution in [0.1, 0.15) is 19.4 Å². The highest BCUT2D eigenvalue weighted by Crippen LogP contribution is 2.30. The van der Waals surface area contributed by atoms with E-state index in [4.69, 9.17) is 0 Å². The molecule has 0 unspecified atom stereocenters. The predicted molar refractivity (Wildman–Crippen MR) is 119 cm³/mol. The van der Waals surface area contributed by atoms with E-state index in [-0.39, 0.29) is 17.7 Å². The molecule has 0 aliphatic carbocycles. The molecule has 0 bridgehead atoms. The van der Waals surface area contributed by atoms with Crippen LogP contribution in [0.5, 0.6) is 0 Å². The molecule has 1 saturated heterocycles. The van der Waals surface area contributed by atoms with Crippen LogP contribution in [-0.4, -0.2) is 61.0 Å². The van der Waals surface area contributed by atoms with Crippen LogP contribution >= 0.6 is 0 Å². The van der Waals surface area contributed by atoms with E-state index in [0.29, 0.717) is 6.54 Å². The number of amides is 2. The normalized spacial score (nSPS) is 17.5. The van der Waals surface area contributed by atoms with E-state index in [1.54, 1.807) is 11.8 Å². The lowest BCUT2D eigenvalue weighted by Crippen LogP contribution is -2.48. The quantitative estimate of drug-likeness (QED) is 0.824. The summed E-state index contributed by atoms with van der Waals surface area (Å²) in [5, 5.41) is 3.05. The van der Waals surface area contributed by atoms with E-state index in [1.807, 2.05) is 49.5 Å². The molecule has 0 spiro atoms. The molecule has 7 heteroatoms. The highest BCUT2D eigenvalue weighted by molar-refractivity contribution is 5.96. The standard InChI is InChI=1S/C23H29N5O2/c1-17(16-26-11-13-27(14-12-26)22-5-3-4-9-24-22)23(30)25-20-6-7-21-19(15-20)8-10-28(21)18(2)29/h3-7,9,15,17H,8,10-14,16H2,1-2H3,(H,25,30)/t17-/m0/s1. The number of hydrogen-bond donors (Lipinski definition) is 1. The van der Waals surface area contributed by atoms with Crippen LogP contribution < -0.4 is 15.1 Å². The number of carbonyl (C=O) groups excluding carboxylic acids is 2. The molecule has 4 rings (SSSR count). The third kappa shape index (κ3) is 4.46. The zero-order valence-corrected chi connectivity index (χ0v) is 17.7. The second kappa shape index (κ2) is 8.83. The largest absolute Gasteiger partial charge is 0.354 e. The molecule has 1 N–H and O–H groups in total. The van der Waals surface area contributed by atoms with Crippen molar-refractivity contribution < 1.29 is 9.59 Å². The van der Waals surface area contributed by atoms with Crippen LogP contribution in [0.2, 0.25) is 0 Å². The van der Waals surface area contributed by atoms with Gasteiger partial charge in [-0.3, -0.25) is 14.5 Å². The lowest BCUT2D eigenvalue weighted by atomic mass is 10.1. The molecule has 2 aliphatic heterocycles. The Morgan fingerprint density at radius 1 is 1.10 bits per heavy atom. The smallest absolute Gasteiger partial charge is 0.228 e. The number of nitrogens with one attached hydrogen (secondary N) is 1. The summed E-state index contributed by atoms with van der Waals surface area (Å²) in [6.45, 7) is 8.70. The molecule has 1 fully saturated rings. The summed E-state index contributed by atoms with van der Waals surface area (Å²) in [5.74, 6) is 1.00. The fourth-order valence-corrected chi connectivity index (χ4v) is 4.24. The molecule has 158 valence electrons. The molecular weight excluding hydrogens is 378 g/mol. The minimum Gasteiger partial charge on any atom is -0.354 e. The summed E-state index contributed by atoms with van der Waals surface area (Å²) in [5.41, 5.74) is 2.87. The average molecular weight is 408 g/mol. The number of anilines is 3. The van der Waals surface area contributed by atoms with Gasteiger partial charge in [-0.05, 0) is 42.3 Å². The van der Waals surface area contributed by atoms with Gasteiger partial charge in [-0.15, -0.1) is 0 Å². The average Bonchev–Trinajstić information content (AvgIpc) is 3.18. The number of fused-ring (bicyclic) bond motifs is 1. The second-order valence-electron chi connectivity index (χ2n) is 8.13. The zero-order valence-electron chi connectivity index (χ0n) is 17.7. The molecular formula is C23H29N5O2. The van der Waals surface area contributed by atoms with E-state index >= 15 is 0 Å². The van der Waals surface area contributed by atoms with Crippen LogP contribution in [0, 0.1) is 5.92 Å². The van der Waals surface area contributed by atoms with Gasteiger partial charge in [0, 0.05) is 69.7 Å². The highest BCUT2D eigenvalue weighted by Gasteiger charge is 2.24. The molecule has 1 atom stereocenters. The second-order valence-corrected chi connectivity index (χ2v) is 8.13. The Morgan fingerprint density at radius 2 is 1.90 bits per heavy atom. The number of nitrogens with zero attached hydrogens (tertiary/aromatic N) is 4. The fourth-order valence-electron chi connectivity index (χ4n) is 4.24. The van der Waals surface area contributed by atoms with Crippen molar-refractivity contribution in [1.82, 2.24) is 9.88 Å². The Kier molecular flexibility index (Phi) is 5.99. The van der Waals surface area contributed by atoms with E-state index in [9.17, 15) is 9.59 Å². The van der Waals surface area contributed by atoms with Gasteiger partial charge in [-0.2, -0.15) is 0 Å². The Labute approximate surface area is 177 Å². The lowest BCUT2D eigenvalue weighted by molar-refractivity contribution is -0.120. The van der Waals surface area contributed by atoms with Gasteiger partial charge in [0.1, 0.15) is 5.82 Å². The van der Waals surface area contributed by atoms with Crippen LogP contribution in [-0.2, 0) is 16.0 Å². The molecule has 0 radical (unpaired) electrons. The molecule has 30 heavy (non-hydrogen) atoms. The number of aromatic nitrogens is 1. The third-order valence-electron chi connectivity index (χ3n) is 5.95. The molecule has 2 aromatic rings. The van der Waals surface area contributed by atoms with Gasteiger partial charge in [0.25, 0.3) is 0 Å². The van der Waals surface area contributed by atoms with E-state index in [1.165, 1.54) is 0 Å². The number of carbonyl (C=O) groups is 2. The van der Waals surface area contributed by atoms with Crippen LogP contribution in [0.15, 0.2) is 42.6 Å². The molecule has 2 aliphatic rings. The van der Waals surface area contributed by atoms with Gasteiger partial charge in [0.2, 0.25) is 11.8 Å². The first-order valence-electron chi connectivity index (χ1n) is 10.6. The topological polar surface area (TPSA) is 68.8 Å². The zero-order chi connectivity index (χ0) is 21.1. The summed E-state index contributed by atoms with van der Waals surface area (Å²) in [4.78, 5) is 35.3. The molecule has 7 nitrogen and oxygen atoms in total. The van der Waals surface area contributed by atoms with Gasteiger partial charge in [0.05, 0.1) is 0 Å². The Balaban J connectivity index is 1.28. The first-order chi connectivity index (χ1) is 14.5. The maximum absolute atomic E-state index is 12.7. The van der Waals surface area contributed by atoms with Crippen molar-refractivity contribution >= 4 is 29.0 Å². The van der Waals surface area contributed by atoms with Gasteiger partial charge in [-0.1, -0.05) is 13.0 Å². The van der Waals surface area contributed by atoms with Crippen LogP contribution in [0.25, 0.3) is 0 Å². The highest BCUT2D eigenvalue weighted by atomic mass is 16.2. The predicted octanol–water partition coefficient (Wildman–Crippen LogP) is 2.39. The van der Waals surface area contributed by atoms with Crippen molar-refractivity contribution in [2.75, 3.05) is 54.4 Å². The molecule has 2 amide bonds. The number of pyridine rings is 1. The fraction of sp³-hybridized carbons (Fsp3) is 0.435. The SMILES string of the molecule is CC(=O)N1CCc2cc(NC(=O)[C@@H](C)CN3CCN(c4ccccn4)CC3)ccc21. The van der Waals surface area contributed by atoms with Crippen LogP contribution in [0.4, 0.5) is 17.2 Å². The third-order valence-corrected chi connectivity index (χ3v) is 5.95. The maximum atomic E-state index is 12.7. The number of rotatable bonds is 5. The maximum Gasteiger partial charge on any atom is 0.228 e. The van der Waals surface area contributed by atoms with Crippen molar-refractivity contribution in [3.8, 4) is 0 Å². The number of piperazine rings is 1. The summed E-state index contributed by atoms with van der Waals surface area (Å²) in [6, 6.07) is 11.8. The van der Waals surface area contributed by atoms with Gasteiger partial charge in [0.15, 0.2) is 0 Å². The molecule has 1 aromatic carbocycles. The molecule has 0 saturated carbocycles. The van der Waals surface area contributed by atoms with E-state index < -0.39 is 0 Å². The van der Waals surface area contributed by atoms with Crippen LogP contribution in [0.3, 0.4) is 0 Å². The summed E-state index contributed by atoms with van der Waals surface area (Å²) >= 11 is 0. The minimum atomic E-state index is -0.103. The van der Waals surface area contributed by atoms with Crippen molar-refractivity contribution in [1.29, 1.82) is 0 Å². The van der Waals surface area contributed by atoms with Gasteiger partial charge in [-0.25, -0.2) is 4.98 Å². The molecule has 3 heterocycles. The van der Waals surface area contributed by atoms with Gasteiger partial charge >= 0.3 is 0 Å². The first-order valence-corrected chi connectivity index (χ1v) is 10.6. The summed E-state index contributed by atoms with van der Waals surface area (Å²) in [6.07, 6.45) is 2.65. The first kappa shape index (κ1) is 20.3. The molecule has 1 aromatic heterocycles.